The molecule has 1 spiro atoms. The van der Waals surface area contributed by atoms with Crippen molar-refractivity contribution < 1.29 is 0 Å². The average Bonchev–Trinajstić information content (AvgIpc) is 3.02. The lowest BCUT2D eigenvalue weighted by atomic mass is 9.68. The summed E-state index contributed by atoms with van der Waals surface area (Å²) >= 11 is 0. The van der Waals surface area contributed by atoms with E-state index >= 15 is 0 Å². The van der Waals surface area contributed by atoms with E-state index in [0.29, 0.717) is 11.5 Å². The van der Waals surface area contributed by atoms with E-state index in [-0.39, 0.29) is 0 Å². The summed E-state index contributed by atoms with van der Waals surface area (Å²) in [7, 11) is 4.10. The van der Waals surface area contributed by atoms with Gasteiger partial charge >= 0.3 is 0 Å². The lowest BCUT2D eigenvalue weighted by Gasteiger charge is -2.38. The van der Waals surface area contributed by atoms with Crippen LogP contribution in [-0.2, 0) is 13.1 Å². The summed E-state index contributed by atoms with van der Waals surface area (Å²) in [6, 6.07) is 9.32. The zero-order valence-electron chi connectivity index (χ0n) is 16.4. The van der Waals surface area contributed by atoms with Crippen LogP contribution in [-0.4, -0.2) is 49.0 Å². The minimum atomic E-state index is 0.553. The molecule has 0 aromatic heterocycles. The lowest BCUT2D eigenvalue weighted by molar-refractivity contribution is 0.151. The molecule has 0 radical (unpaired) electrons. The summed E-state index contributed by atoms with van der Waals surface area (Å²) in [4.78, 5) is 9.39. The van der Waals surface area contributed by atoms with Crippen molar-refractivity contribution in [2.75, 3.05) is 27.2 Å². The molecule has 1 saturated heterocycles. The Kier molecular flexibility index (Phi) is 5.67. The molecule has 1 aromatic rings. The van der Waals surface area contributed by atoms with Gasteiger partial charge in [-0.1, -0.05) is 30.7 Å². The Morgan fingerprint density at radius 3 is 2.52 bits per heavy atom. The second-order valence-electron chi connectivity index (χ2n) is 8.20. The Morgan fingerprint density at radius 1 is 1.24 bits per heavy atom. The number of hydrogen-bond donors (Lipinski definition) is 1. The van der Waals surface area contributed by atoms with Crippen LogP contribution < -0.4 is 5.32 Å². The Labute approximate surface area is 153 Å². The second kappa shape index (κ2) is 7.77. The van der Waals surface area contributed by atoms with E-state index in [1.54, 1.807) is 0 Å². The van der Waals surface area contributed by atoms with E-state index in [9.17, 15) is 0 Å². The first-order valence-corrected chi connectivity index (χ1v) is 9.76. The first-order valence-electron chi connectivity index (χ1n) is 9.76. The van der Waals surface area contributed by atoms with Gasteiger partial charge in [0, 0.05) is 39.3 Å². The molecule has 138 valence electrons. The molecule has 4 heteroatoms. The molecular weight excluding hydrogens is 308 g/mol. The molecule has 0 unspecified atom stereocenters. The van der Waals surface area contributed by atoms with Crippen LogP contribution in [0.2, 0.25) is 0 Å². The molecule has 1 aromatic carbocycles. The maximum atomic E-state index is 4.55. The Hall–Kier alpha value is -1.55. The van der Waals surface area contributed by atoms with Gasteiger partial charge in [0.15, 0.2) is 5.96 Å². The zero-order chi connectivity index (χ0) is 17.9. The van der Waals surface area contributed by atoms with Gasteiger partial charge in [0.2, 0.25) is 0 Å². The Morgan fingerprint density at radius 2 is 1.96 bits per heavy atom. The highest BCUT2D eigenvalue weighted by Gasteiger charge is 2.43. The summed E-state index contributed by atoms with van der Waals surface area (Å²) < 4.78 is 0. The van der Waals surface area contributed by atoms with Gasteiger partial charge in [-0.05, 0) is 56.7 Å². The van der Waals surface area contributed by atoms with Crippen molar-refractivity contribution in [3.63, 3.8) is 0 Å². The van der Waals surface area contributed by atoms with Crippen LogP contribution in [0.1, 0.15) is 50.7 Å². The van der Waals surface area contributed by atoms with Crippen LogP contribution in [0.25, 0.3) is 0 Å². The predicted molar refractivity (Wildman–Crippen MR) is 106 cm³/mol. The smallest absolute Gasteiger partial charge is 0.193 e. The normalized spacial score (nSPS) is 19.8. The third-order valence-electron chi connectivity index (χ3n) is 6.22. The van der Waals surface area contributed by atoms with E-state index in [1.165, 1.54) is 43.4 Å². The van der Waals surface area contributed by atoms with Crippen LogP contribution >= 0.6 is 0 Å². The first kappa shape index (κ1) is 18.2. The number of nitrogens with one attached hydrogen (secondary N) is 1. The van der Waals surface area contributed by atoms with Crippen LogP contribution in [0, 0.1) is 5.41 Å². The van der Waals surface area contributed by atoms with Gasteiger partial charge in [-0.3, -0.25) is 9.89 Å². The van der Waals surface area contributed by atoms with Gasteiger partial charge in [-0.15, -0.1) is 0 Å². The van der Waals surface area contributed by atoms with Crippen LogP contribution in [0.3, 0.4) is 0 Å². The fourth-order valence-corrected chi connectivity index (χ4v) is 4.04. The van der Waals surface area contributed by atoms with E-state index in [1.807, 2.05) is 7.05 Å². The first-order chi connectivity index (χ1) is 12.0. The van der Waals surface area contributed by atoms with Crippen LogP contribution in [0.15, 0.2) is 29.3 Å². The van der Waals surface area contributed by atoms with Gasteiger partial charge in [0.25, 0.3) is 0 Å². The van der Waals surface area contributed by atoms with Gasteiger partial charge in [-0.2, -0.15) is 0 Å². The highest BCUT2D eigenvalue weighted by Crippen LogP contribution is 2.47. The van der Waals surface area contributed by atoms with Crippen molar-refractivity contribution in [3.8, 4) is 0 Å². The molecule has 2 fully saturated rings. The Balaban J connectivity index is 1.60. The number of nitrogens with zero attached hydrogens (tertiary/aromatic N) is 3. The molecule has 1 N–H and O–H groups in total. The fraction of sp³-hybridized carbons (Fsp3) is 0.667. The molecule has 1 saturated carbocycles. The van der Waals surface area contributed by atoms with Crippen molar-refractivity contribution in [2.45, 2.75) is 58.7 Å². The summed E-state index contributed by atoms with van der Waals surface area (Å²) in [5.74, 6) is 1.07. The highest BCUT2D eigenvalue weighted by molar-refractivity contribution is 5.80. The summed E-state index contributed by atoms with van der Waals surface area (Å²) in [6.45, 7) is 8.65. The quantitative estimate of drug-likeness (QED) is 0.656. The van der Waals surface area contributed by atoms with Gasteiger partial charge in [-0.25, -0.2) is 0 Å². The zero-order valence-corrected chi connectivity index (χ0v) is 16.4. The molecule has 4 nitrogen and oxygen atoms in total. The van der Waals surface area contributed by atoms with Gasteiger partial charge in [0.1, 0.15) is 0 Å². The molecule has 1 aliphatic carbocycles. The maximum Gasteiger partial charge on any atom is 0.193 e. The van der Waals surface area contributed by atoms with E-state index in [2.05, 4.69) is 65.3 Å². The number of benzene rings is 1. The number of guanidine groups is 1. The van der Waals surface area contributed by atoms with Gasteiger partial charge < -0.3 is 10.2 Å². The molecule has 0 amide bonds. The minimum absolute atomic E-state index is 0.553. The molecule has 0 bridgehead atoms. The predicted octanol–water partition coefficient (Wildman–Crippen LogP) is 3.48. The maximum absolute atomic E-state index is 4.55. The molecule has 2 aliphatic rings. The highest BCUT2D eigenvalue weighted by atomic mass is 15.3. The molecule has 3 rings (SSSR count). The summed E-state index contributed by atoms with van der Waals surface area (Å²) in [6.07, 6.45) is 5.57. The van der Waals surface area contributed by atoms with E-state index in [4.69, 9.17) is 0 Å². The van der Waals surface area contributed by atoms with Crippen molar-refractivity contribution in [2.24, 2.45) is 10.4 Å². The molecule has 25 heavy (non-hydrogen) atoms. The van der Waals surface area contributed by atoms with Crippen molar-refractivity contribution in [1.82, 2.24) is 15.1 Å². The van der Waals surface area contributed by atoms with Crippen molar-refractivity contribution in [3.05, 3.63) is 35.4 Å². The summed E-state index contributed by atoms with van der Waals surface area (Å²) in [5, 5.41) is 3.61. The number of hydrogen-bond acceptors (Lipinski definition) is 2. The van der Waals surface area contributed by atoms with Crippen molar-refractivity contribution >= 4 is 5.96 Å². The third-order valence-corrected chi connectivity index (χ3v) is 6.22. The largest absolute Gasteiger partial charge is 0.352 e. The Bertz CT molecular complexity index is 604. The topological polar surface area (TPSA) is 30.9 Å². The minimum Gasteiger partial charge on any atom is -0.352 e. The molecule has 1 aliphatic heterocycles. The van der Waals surface area contributed by atoms with Gasteiger partial charge in [0.05, 0.1) is 0 Å². The van der Waals surface area contributed by atoms with E-state index < -0.39 is 0 Å². The number of likely N-dealkylation sites (tertiary alicyclic amines) is 1. The fourth-order valence-electron chi connectivity index (χ4n) is 4.04. The average molecular weight is 343 g/mol. The SMILES string of the molecule is CN=C(NCc1ccccc1CN(C)C(C)C)N1CCC2(CCC2)C1. The molecular formula is C21H34N4. The summed E-state index contributed by atoms with van der Waals surface area (Å²) in [5.41, 5.74) is 3.38. The van der Waals surface area contributed by atoms with Crippen LogP contribution in [0.5, 0.6) is 0 Å². The molecule has 1 heterocycles. The number of aliphatic imine (C=N–C) groups is 1. The van der Waals surface area contributed by atoms with Crippen LogP contribution in [0.4, 0.5) is 0 Å². The lowest BCUT2D eigenvalue weighted by Crippen LogP contribution is -2.42. The third kappa shape index (κ3) is 4.17. The monoisotopic (exact) mass is 342 g/mol. The second-order valence-corrected chi connectivity index (χ2v) is 8.20. The molecule has 0 atom stereocenters. The van der Waals surface area contributed by atoms with Crippen molar-refractivity contribution in [1.29, 1.82) is 0 Å². The van der Waals surface area contributed by atoms with E-state index in [0.717, 1.165) is 25.6 Å². The standard InChI is InChI=1S/C21H34N4/c1-17(2)24(4)15-19-9-6-5-8-18(19)14-23-20(22-3)25-13-12-21(16-25)10-7-11-21/h5-6,8-9,17H,7,10-16H2,1-4H3,(H,22,23). The number of rotatable bonds is 5.